The van der Waals surface area contributed by atoms with Crippen LogP contribution in [0.3, 0.4) is 0 Å². The molecule has 0 radical (unpaired) electrons. The van der Waals surface area contributed by atoms with Crippen molar-refractivity contribution in [3.8, 4) is 0 Å². The molecule has 0 rings (SSSR count). The highest BCUT2D eigenvalue weighted by Crippen LogP contribution is 2.16. The van der Waals surface area contributed by atoms with Gasteiger partial charge in [0, 0.05) is 6.42 Å². The van der Waals surface area contributed by atoms with Gasteiger partial charge in [0.1, 0.15) is 0 Å². The molecule has 0 saturated heterocycles. The Morgan fingerprint density at radius 3 is 2.09 bits per heavy atom. The van der Waals surface area contributed by atoms with Gasteiger partial charge in [0.25, 0.3) is 0 Å². The summed E-state index contributed by atoms with van der Waals surface area (Å²) in [4.78, 5) is 0. The highest BCUT2D eigenvalue weighted by Gasteiger charge is 2.03. The molecule has 11 heavy (non-hydrogen) atoms. The van der Waals surface area contributed by atoms with Crippen LogP contribution in [0.25, 0.3) is 0 Å². The summed E-state index contributed by atoms with van der Waals surface area (Å²) in [7, 11) is 0. The lowest BCUT2D eigenvalue weighted by atomic mass is 10.1. The Bertz CT molecular complexity index is 125. The molecule has 0 aromatic heterocycles. The second-order valence-corrected chi connectivity index (χ2v) is 2.48. The van der Waals surface area contributed by atoms with Crippen molar-refractivity contribution >= 4 is 0 Å². The van der Waals surface area contributed by atoms with Crippen molar-refractivity contribution in [3.05, 3.63) is 11.9 Å². The zero-order valence-corrected chi connectivity index (χ0v) is 6.67. The zero-order chi connectivity index (χ0) is 8.69. The van der Waals surface area contributed by atoms with E-state index >= 15 is 0 Å². The lowest BCUT2D eigenvalue weighted by molar-refractivity contribution is 0.367. The van der Waals surface area contributed by atoms with Crippen LogP contribution in [0.5, 0.6) is 0 Å². The van der Waals surface area contributed by atoms with Crippen LogP contribution in [0, 0.1) is 0 Å². The fourth-order valence-corrected chi connectivity index (χ4v) is 0.801. The highest BCUT2D eigenvalue weighted by atomic mass is 19.3. The summed E-state index contributed by atoms with van der Waals surface area (Å²) < 4.78 is 35.0. The van der Waals surface area contributed by atoms with E-state index in [1.807, 2.05) is 6.92 Å². The van der Waals surface area contributed by atoms with Gasteiger partial charge in [-0.1, -0.05) is 26.2 Å². The molecular weight excluding hydrogens is 153 g/mol. The first-order valence-corrected chi connectivity index (χ1v) is 3.88. The Morgan fingerprint density at radius 2 is 1.64 bits per heavy atom. The largest absolute Gasteiger partial charge is 0.301 e. The predicted octanol–water partition coefficient (Wildman–Crippen LogP) is 4.03. The van der Waals surface area contributed by atoms with Gasteiger partial charge in [-0.25, -0.2) is 4.39 Å². The Kier molecular flexibility index (Phi) is 5.99. The standard InChI is InChI=1S/C8H13F3/c1-2-3-4-5-6-7(9)8(10)11/h2-6H2,1H3. The van der Waals surface area contributed by atoms with E-state index in [9.17, 15) is 13.2 Å². The maximum atomic E-state index is 12.1. The summed E-state index contributed by atoms with van der Waals surface area (Å²) in [6.07, 6.45) is 1.10. The molecule has 0 nitrogen and oxygen atoms in total. The lowest BCUT2D eigenvalue weighted by Gasteiger charge is -1.95. The van der Waals surface area contributed by atoms with Gasteiger partial charge in [-0.3, -0.25) is 0 Å². The molecule has 66 valence electrons. The summed E-state index contributed by atoms with van der Waals surface area (Å²) in [5.41, 5.74) is 0. The SMILES string of the molecule is CCCCCCC(F)=C(F)F. The maximum Gasteiger partial charge on any atom is 0.301 e. The average molecular weight is 166 g/mol. The van der Waals surface area contributed by atoms with Gasteiger partial charge in [0.2, 0.25) is 0 Å². The molecule has 0 fully saturated rings. The zero-order valence-electron chi connectivity index (χ0n) is 6.67. The first kappa shape index (κ1) is 10.5. The van der Waals surface area contributed by atoms with Crippen LogP contribution < -0.4 is 0 Å². The van der Waals surface area contributed by atoms with Gasteiger partial charge in [0.05, 0.1) is 0 Å². The molecule has 0 N–H and O–H groups in total. The number of halogens is 3. The molecule has 0 spiro atoms. The molecule has 0 aliphatic rings. The molecule has 0 unspecified atom stereocenters. The van der Waals surface area contributed by atoms with Gasteiger partial charge in [0.15, 0.2) is 5.83 Å². The van der Waals surface area contributed by atoms with Crippen molar-refractivity contribution < 1.29 is 13.2 Å². The molecule has 3 heteroatoms. The van der Waals surface area contributed by atoms with E-state index in [1.54, 1.807) is 0 Å². The van der Waals surface area contributed by atoms with Gasteiger partial charge < -0.3 is 0 Å². The third kappa shape index (κ3) is 5.95. The molecule has 0 saturated carbocycles. The molecule has 0 bridgehead atoms. The molecule has 0 aliphatic heterocycles. The number of hydrogen-bond donors (Lipinski definition) is 0. The second kappa shape index (κ2) is 6.25. The van der Waals surface area contributed by atoms with Gasteiger partial charge >= 0.3 is 6.08 Å². The average Bonchev–Trinajstić information content (AvgIpc) is 1.97. The maximum absolute atomic E-state index is 12.1. The van der Waals surface area contributed by atoms with Crippen molar-refractivity contribution in [1.29, 1.82) is 0 Å². The first-order valence-electron chi connectivity index (χ1n) is 3.88. The van der Waals surface area contributed by atoms with Gasteiger partial charge in [-0.15, -0.1) is 0 Å². The van der Waals surface area contributed by atoms with Crippen molar-refractivity contribution in [2.45, 2.75) is 39.0 Å². The second-order valence-electron chi connectivity index (χ2n) is 2.48. The summed E-state index contributed by atoms with van der Waals surface area (Å²) in [5.74, 6) is -1.25. The van der Waals surface area contributed by atoms with Crippen molar-refractivity contribution in [1.82, 2.24) is 0 Å². The Balaban J connectivity index is 3.32. The van der Waals surface area contributed by atoms with E-state index < -0.39 is 11.9 Å². The van der Waals surface area contributed by atoms with Crippen LogP contribution in [-0.2, 0) is 0 Å². The third-order valence-electron chi connectivity index (χ3n) is 1.45. The van der Waals surface area contributed by atoms with E-state index in [0.29, 0.717) is 6.42 Å². The summed E-state index contributed by atoms with van der Waals surface area (Å²) in [6, 6.07) is 0. The topological polar surface area (TPSA) is 0 Å². The summed E-state index contributed by atoms with van der Waals surface area (Å²) in [6.45, 7) is 2.02. The molecule has 0 amide bonds. The van der Waals surface area contributed by atoms with Crippen LogP contribution >= 0.6 is 0 Å². The first-order chi connectivity index (χ1) is 5.18. The molecular formula is C8H13F3. The van der Waals surface area contributed by atoms with Crippen molar-refractivity contribution in [2.75, 3.05) is 0 Å². The minimum atomic E-state index is -2.17. The minimum absolute atomic E-state index is 0.109. The van der Waals surface area contributed by atoms with Crippen LogP contribution in [0.2, 0.25) is 0 Å². The summed E-state index contributed by atoms with van der Waals surface area (Å²) in [5, 5.41) is 0. The smallest absolute Gasteiger partial charge is 0.206 e. The minimum Gasteiger partial charge on any atom is -0.206 e. The number of unbranched alkanes of at least 4 members (excludes halogenated alkanes) is 3. The van der Waals surface area contributed by atoms with Crippen LogP contribution in [0.1, 0.15) is 39.0 Å². The van der Waals surface area contributed by atoms with E-state index in [1.165, 1.54) is 0 Å². The van der Waals surface area contributed by atoms with Crippen molar-refractivity contribution in [2.24, 2.45) is 0 Å². The molecule has 0 aromatic rings. The number of allylic oxidation sites excluding steroid dienone is 1. The highest BCUT2D eigenvalue weighted by molar-refractivity contribution is 4.90. The van der Waals surface area contributed by atoms with Crippen molar-refractivity contribution in [3.63, 3.8) is 0 Å². The van der Waals surface area contributed by atoms with Gasteiger partial charge in [-0.05, 0) is 6.42 Å². The van der Waals surface area contributed by atoms with E-state index in [0.717, 1.165) is 19.3 Å². The number of rotatable bonds is 5. The monoisotopic (exact) mass is 166 g/mol. The molecule has 0 aliphatic carbocycles. The normalized spacial score (nSPS) is 9.82. The van der Waals surface area contributed by atoms with Crippen LogP contribution in [-0.4, -0.2) is 0 Å². The fraction of sp³-hybridized carbons (Fsp3) is 0.750. The Morgan fingerprint density at radius 1 is 1.00 bits per heavy atom. The summed E-state index contributed by atoms with van der Waals surface area (Å²) >= 11 is 0. The van der Waals surface area contributed by atoms with Gasteiger partial charge in [-0.2, -0.15) is 8.78 Å². The van der Waals surface area contributed by atoms with E-state index in [4.69, 9.17) is 0 Å². The van der Waals surface area contributed by atoms with Crippen LogP contribution in [0.15, 0.2) is 11.9 Å². The van der Waals surface area contributed by atoms with E-state index in [2.05, 4.69) is 0 Å². The van der Waals surface area contributed by atoms with Crippen LogP contribution in [0.4, 0.5) is 13.2 Å². The molecule has 0 aromatic carbocycles. The Labute approximate surface area is 65.1 Å². The predicted molar refractivity (Wildman–Crippen MR) is 39.1 cm³/mol. The number of hydrogen-bond acceptors (Lipinski definition) is 0. The molecule has 0 atom stereocenters. The quantitative estimate of drug-likeness (QED) is 0.541. The Hall–Kier alpha value is -0.470. The van der Waals surface area contributed by atoms with E-state index in [-0.39, 0.29) is 6.42 Å². The fourth-order valence-electron chi connectivity index (χ4n) is 0.801. The molecule has 0 heterocycles. The third-order valence-corrected chi connectivity index (χ3v) is 1.45. The lowest BCUT2D eigenvalue weighted by Crippen LogP contribution is -1.79.